The van der Waals surface area contributed by atoms with Crippen molar-refractivity contribution in [3.05, 3.63) is 83.2 Å². The maximum atomic E-state index is 13.7. The molecule has 0 saturated carbocycles. The molecule has 188 valence electrons. The van der Waals surface area contributed by atoms with Crippen LogP contribution in [-0.4, -0.2) is 35.6 Å². The number of methoxy groups -OCH3 is 1. The fourth-order valence-corrected chi connectivity index (χ4v) is 4.54. The Morgan fingerprint density at radius 1 is 1.11 bits per heavy atom. The molecule has 0 fully saturated rings. The molecule has 2 aromatic carbocycles. The van der Waals surface area contributed by atoms with E-state index < -0.39 is 11.6 Å². The fraction of sp³-hybridized carbons (Fsp3) is 0.345. The molecule has 36 heavy (non-hydrogen) atoms. The van der Waals surface area contributed by atoms with Crippen LogP contribution in [0.5, 0.6) is 11.5 Å². The predicted molar refractivity (Wildman–Crippen MR) is 137 cm³/mol. The SMILES string of the molecule is COc1ccc(CC2(O)C(=O)N(CCCC(C)C)c3ccc(C)cc32)c(OC(=O)c2ccncc2)c1. The number of aromatic nitrogens is 1. The normalized spacial score (nSPS) is 16.8. The van der Waals surface area contributed by atoms with E-state index in [1.807, 2.05) is 25.1 Å². The van der Waals surface area contributed by atoms with Gasteiger partial charge in [-0.05, 0) is 55.5 Å². The third-order valence-corrected chi connectivity index (χ3v) is 6.49. The monoisotopic (exact) mass is 488 g/mol. The van der Waals surface area contributed by atoms with Gasteiger partial charge in [0, 0.05) is 37.0 Å². The van der Waals surface area contributed by atoms with Crippen LogP contribution < -0.4 is 14.4 Å². The Morgan fingerprint density at radius 2 is 1.86 bits per heavy atom. The Morgan fingerprint density at radius 3 is 2.56 bits per heavy atom. The minimum atomic E-state index is -1.79. The highest BCUT2D eigenvalue weighted by Crippen LogP contribution is 2.44. The van der Waals surface area contributed by atoms with Crippen LogP contribution in [0.2, 0.25) is 0 Å². The van der Waals surface area contributed by atoms with E-state index >= 15 is 0 Å². The highest BCUT2D eigenvalue weighted by molar-refractivity contribution is 6.07. The number of ether oxygens (including phenoxy) is 2. The number of anilines is 1. The van der Waals surface area contributed by atoms with Gasteiger partial charge in [0.25, 0.3) is 5.91 Å². The first-order valence-corrected chi connectivity index (χ1v) is 12.2. The van der Waals surface area contributed by atoms with Crippen LogP contribution in [0.1, 0.15) is 53.7 Å². The van der Waals surface area contributed by atoms with Gasteiger partial charge in [0.15, 0.2) is 5.60 Å². The molecular formula is C29H32N2O5. The standard InChI is InChI=1S/C29H32N2O5/c1-19(2)6-5-15-31-25-10-7-20(3)16-24(25)29(34,28(31)33)18-22-8-9-23(35-4)17-26(22)36-27(32)21-11-13-30-14-12-21/h7-14,16-17,19,34H,5-6,15,18H2,1-4H3. The number of nitrogens with zero attached hydrogens (tertiary/aromatic N) is 2. The molecule has 7 heteroatoms. The van der Waals surface area contributed by atoms with E-state index in [0.717, 1.165) is 24.1 Å². The van der Waals surface area contributed by atoms with E-state index in [1.165, 1.54) is 19.5 Å². The second-order valence-electron chi connectivity index (χ2n) is 9.65. The molecule has 4 rings (SSSR count). The van der Waals surface area contributed by atoms with Crippen molar-refractivity contribution in [1.82, 2.24) is 4.98 Å². The number of aryl methyl sites for hydroxylation is 1. The van der Waals surface area contributed by atoms with Crippen molar-refractivity contribution in [2.24, 2.45) is 5.92 Å². The number of amides is 1. The molecule has 0 saturated heterocycles. The molecule has 2 heterocycles. The lowest BCUT2D eigenvalue weighted by molar-refractivity contribution is -0.136. The van der Waals surface area contributed by atoms with E-state index in [1.54, 1.807) is 35.2 Å². The number of esters is 1. The van der Waals surface area contributed by atoms with Gasteiger partial charge in [-0.3, -0.25) is 9.78 Å². The maximum Gasteiger partial charge on any atom is 0.343 e. The van der Waals surface area contributed by atoms with Crippen molar-refractivity contribution in [1.29, 1.82) is 0 Å². The molecule has 1 amide bonds. The number of carbonyl (C=O) groups excluding carboxylic acids is 2. The molecule has 1 aliphatic heterocycles. The maximum absolute atomic E-state index is 13.7. The summed E-state index contributed by atoms with van der Waals surface area (Å²) in [6.45, 7) is 6.76. The smallest absolute Gasteiger partial charge is 0.343 e. The predicted octanol–water partition coefficient (Wildman–Crippen LogP) is 4.83. The number of benzene rings is 2. The zero-order valence-corrected chi connectivity index (χ0v) is 21.2. The van der Waals surface area contributed by atoms with Gasteiger partial charge in [0.1, 0.15) is 11.5 Å². The van der Waals surface area contributed by atoms with E-state index in [2.05, 4.69) is 18.8 Å². The number of rotatable bonds is 9. The second-order valence-corrected chi connectivity index (χ2v) is 9.65. The lowest BCUT2D eigenvalue weighted by atomic mass is 9.87. The number of pyridine rings is 1. The third-order valence-electron chi connectivity index (χ3n) is 6.49. The molecule has 1 atom stereocenters. The van der Waals surface area contributed by atoms with E-state index in [4.69, 9.17) is 9.47 Å². The first-order valence-electron chi connectivity index (χ1n) is 12.2. The highest BCUT2D eigenvalue weighted by Gasteiger charge is 2.50. The van der Waals surface area contributed by atoms with Crippen LogP contribution in [0, 0.1) is 12.8 Å². The molecule has 1 aliphatic rings. The van der Waals surface area contributed by atoms with Gasteiger partial charge >= 0.3 is 5.97 Å². The fourth-order valence-electron chi connectivity index (χ4n) is 4.54. The molecule has 0 bridgehead atoms. The number of carbonyl (C=O) groups is 2. The zero-order valence-electron chi connectivity index (χ0n) is 21.2. The van der Waals surface area contributed by atoms with E-state index in [9.17, 15) is 14.7 Å². The lowest BCUT2D eigenvalue weighted by Crippen LogP contribution is -2.42. The Hall–Kier alpha value is -3.71. The second kappa shape index (κ2) is 10.5. The molecule has 3 aromatic rings. The topological polar surface area (TPSA) is 89.0 Å². The minimum Gasteiger partial charge on any atom is -0.497 e. The van der Waals surface area contributed by atoms with Crippen LogP contribution in [-0.2, 0) is 16.8 Å². The number of aliphatic hydroxyl groups is 1. The van der Waals surface area contributed by atoms with Gasteiger partial charge < -0.3 is 19.5 Å². The van der Waals surface area contributed by atoms with E-state index in [-0.39, 0.29) is 18.1 Å². The summed E-state index contributed by atoms with van der Waals surface area (Å²) < 4.78 is 11.0. The summed E-state index contributed by atoms with van der Waals surface area (Å²) in [7, 11) is 1.52. The first-order chi connectivity index (χ1) is 17.2. The van der Waals surface area contributed by atoms with Crippen molar-refractivity contribution in [2.45, 2.75) is 45.6 Å². The molecule has 0 radical (unpaired) electrons. The summed E-state index contributed by atoms with van der Waals surface area (Å²) in [5.74, 6) is 0.311. The summed E-state index contributed by atoms with van der Waals surface area (Å²) in [5, 5.41) is 11.9. The van der Waals surface area contributed by atoms with E-state index in [0.29, 0.717) is 34.9 Å². The van der Waals surface area contributed by atoms with Crippen LogP contribution in [0.4, 0.5) is 5.69 Å². The lowest BCUT2D eigenvalue weighted by Gasteiger charge is -2.25. The van der Waals surface area contributed by atoms with Crippen LogP contribution >= 0.6 is 0 Å². The average molecular weight is 489 g/mol. The Balaban J connectivity index is 1.69. The van der Waals surface area contributed by atoms with Gasteiger partial charge in [-0.15, -0.1) is 0 Å². The summed E-state index contributed by atoms with van der Waals surface area (Å²) >= 11 is 0. The first kappa shape index (κ1) is 25.4. The van der Waals surface area contributed by atoms with Gasteiger partial charge in [-0.1, -0.05) is 37.6 Å². The van der Waals surface area contributed by atoms with Crippen LogP contribution in [0.25, 0.3) is 0 Å². The zero-order chi connectivity index (χ0) is 25.9. The summed E-state index contributed by atoms with van der Waals surface area (Å²) in [5.41, 5.74) is 1.31. The van der Waals surface area contributed by atoms with Gasteiger partial charge in [0.05, 0.1) is 18.4 Å². The third kappa shape index (κ3) is 5.11. The van der Waals surface area contributed by atoms with Crippen LogP contribution in [0.15, 0.2) is 60.9 Å². The number of fused-ring (bicyclic) bond motifs is 1. The summed E-state index contributed by atoms with van der Waals surface area (Å²) in [6.07, 6.45) is 4.79. The summed E-state index contributed by atoms with van der Waals surface area (Å²) in [4.78, 5) is 32.1. The summed E-state index contributed by atoms with van der Waals surface area (Å²) in [6, 6.07) is 13.9. The Kier molecular flexibility index (Phi) is 7.40. The largest absolute Gasteiger partial charge is 0.497 e. The Labute approximate surface area is 211 Å². The van der Waals surface area contributed by atoms with Crippen molar-refractivity contribution < 1.29 is 24.2 Å². The minimum absolute atomic E-state index is 0.0497. The molecular weight excluding hydrogens is 456 g/mol. The van der Waals surface area contributed by atoms with Gasteiger partial charge in [-0.25, -0.2) is 4.79 Å². The number of hydrogen-bond acceptors (Lipinski definition) is 6. The molecule has 1 aromatic heterocycles. The number of hydrogen-bond donors (Lipinski definition) is 1. The molecule has 1 unspecified atom stereocenters. The van der Waals surface area contributed by atoms with Gasteiger partial charge in [-0.2, -0.15) is 0 Å². The van der Waals surface area contributed by atoms with Crippen molar-refractivity contribution in [3.8, 4) is 11.5 Å². The average Bonchev–Trinajstić information content (AvgIpc) is 3.06. The highest BCUT2D eigenvalue weighted by atomic mass is 16.5. The van der Waals surface area contributed by atoms with Crippen molar-refractivity contribution in [3.63, 3.8) is 0 Å². The molecule has 0 aliphatic carbocycles. The van der Waals surface area contributed by atoms with Crippen LogP contribution in [0.3, 0.4) is 0 Å². The quantitative estimate of drug-likeness (QED) is 0.343. The Bertz CT molecular complexity index is 1260. The molecule has 0 spiro atoms. The van der Waals surface area contributed by atoms with Gasteiger partial charge in [0.2, 0.25) is 0 Å². The van der Waals surface area contributed by atoms with Crippen molar-refractivity contribution >= 4 is 17.6 Å². The molecule has 7 nitrogen and oxygen atoms in total. The molecule has 1 N–H and O–H groups in total. The van der Waals surface area contributed by atoms with Crippen molar-refractivity contribution in [2.75, 3.05) is 18.6 Å².